The molecule has 2 N–H and O–H groups in total. The van der Waals surface area contributed by atoms with E-state index in [0.717, 1.165) is 6.07 Å². The molecule has 1 heterocycles. The van der Waals surface area contributed by atoms with Gasteiger partial charge in [-0.15, -0.1) is 0 Å². The first kappa shape index (κ1) is 13.1. The molecule has 0 aromatic heterocycles. The van der Waals surface area contributed by atoms with Gasteiger partial charge < -0.3 is 10.5 Å². The van der Waals surface area contributed by atoms with E-state index in [9.17, 15) is 8.78 Å². The van der Waals surface area contributed by atoms with Crippen molar-refractivity contribution in [2.45, 2.75) is 13.8 Å². The van der Waals surface area contributed by atoms with Gasteiger partial charge in [0.15, 0.2) is 0 Å². The molecule has 0 bridgehead atoms. The molecule has 0 saturated carbocycles. The number of hydrogen-bond donors (Lipinski definition) is 1. The molecule has 1 aromatic carbocycles. The average molecular weight is 249 g/mol. The number of nitrogen functional groups attached to an aromatic ring is 1. The van der Waals surface area contributed by atoms with Gasteiger partial charge in [-0.2, -0.15) is 0 Å². The van der Waals surface area contributed by atoms with E-state index in [1.54, 1.807) is 6.08 Å². The van der Waals surface area contributed by atoms with Crippen molar-refractivity contribution in [2.75, 3.05) is 18.9 Å². The Morgan fingerprint density at radius 3 is 2.67 bits per heavy atom. The zero-order chi connectivity index (χ0) is 13.5. The van der Waals surface area contributed by atoms with Gasteiger partial charge in [0.2, 0.25) is 0 Å². The summed E-state index contributed by atoms with van der Waals surface area (Å²) < 4.78 is 33.0. The summed E-state index contributed by atoms with van der Waals surface area (Å²) in [6.45, 7) is 4.55. The van der Waals surface area contributed by atoms with E-state index in [2.05, 4.69) is 0 Å². The van der Waals surface area contributed by atoms with Crippen LogP contribution in [0.2, 0.25) is 0 Å². The first-order valence-electron chi connectivity index (χ1n) is 5.66. The quantitative estimate of drug-likeness (QED) is 0.608. The van der Waals surface area contributed by atoms with Crippen molar-refractivity contribution in [3.8, 4) is 0 Å². The van der Waals surface area contributed by atoms with Crippen LogP contribution in [-0.4, -0.2) is 21.1 Å². The van der Waals surface area contributed by atoms with Gasteiger partial charge in [-0.3, -0.25) is 0 Å². The van der Waals surface area contributed by atoms with Crippen LogP contribution in [0.25, 0.3) is 5.57 Å². The lowest BCUT2D eigenvalue weighted by Gasteiger charge is -2.33. The summed E-state index contributed by atoms with van der Waals surface area (Å²) in [6, 6.07) is 0.904. The fourth-order valence-electron chi connectivity index (χ4n) is 2.17. The molecule has 0 fully saturated rings. The molecule has 1 aromatic rings. The number of benzene rings is 1. The maximum atomic E-state index is 14.1. The van der Waals surface area contributed by atoms with Crippen LogP contribution in [-0.2, 0) is 4.74 Å². The Morgan fingerprint density at radius 1 is 1.39 bits per heavy atom. The smallest absolute Gasteiger partial charge is 0.146 e. The Bertz CT molecular complexity index is 500. The molecular formula is C13H14BF2NO. The number of halogens is 2. The summed E-state index contributed by atoms with van der Waals surface area (Å²) in [6.07, 6.45) is 1.72. The first-order chi connectivity index (χ1) is 8.34. The Labute approximate surface area is 106 Å². The second-order valence-electron chi connectivity index (χ2n) is 5.07. The molecule has 0 amide bonds. The average Bonchev–Trinajstić information content (AvgIpc) is 2.29. The molecule has 2 radical (unpaired) electrons. The maximum Gasteiger partial charge on any atom is 0.146 e. The van der Waals surface area contributed by atoms with Crippen LogP contribution in [0, 0.1) is 17.0 Å². The van der Waals surface area contributed by atoms with Crippen LogP contribution < -0.4 is 11.2 Å². The van der Waals surface area contributed by atoms with Gasteiger partial charge in [0.05, 0.1) is 18.9 Å². The van der Waals surface area contributed by atoms with Crippen molar-refractivity contribution >= 4 is 24.6 Å². The van der Waals surface area contributed by atoms with E-state index in [-0.39, 0.29) is 16.7 Å². The fraction of sp³-hybridized carbons (Fsp3) is 0.385. The van der Waals surface area contributed by atoms with Gasteiger partial charge in [-0.1, -0.05) is 25.4 Å². The first-order valence-corrected chi connectivity index (χ1v) is 5.66. The Hall–Kier alpha value is -1.36. The van der Waals surface area contributed by atoms with Crippen LogP contribution in [0.1, 0.15) is 19.4 Å². The number of ether oxygens (including phenoxy) is 1. The summed E-state index contributed by atoms with van der Waals surface area (Å²) in [7, 11) is 5.46. The molecule has 0 unspecified atom stereocenters. The number of anilines is 1. The molecule has 5 heteroatoms. The largest absolute Gasteiger partial charge is 0.396 e. The third kappa shape index (κ3) is 2.03. The summed E-state index contributed by atoms with van der Waals surface area (Å²) in [5.74, 6) is -1.37. The summed E-state index contributed by atoms with van der Waals surface area (Å²) >= 11 is 0. The zero-order valence-corrected chi connectivity index (χ0v) is 10.4. The molecule has 0 saturated heterocycles. The lowest BCUT2D eigenvalue weighted by molar-refractivity contribution is 0.0975. The van der Waals surface area contributed by atoms with E-state index in [4.69, 9.17) is 18.3 Å². The van der Waals surface area contributed by atoms with Gasteiger partial charge in [-0.25, -0.2) is 8.78 Å². The van der Waals surface area contributed by atoms with Crippen LogP contribution in [0.4, 0.5) is 14.5 Å². The van der Waals surface area contributed by atoms with Crippen LogP contribution in [0.5, 0.6) is 0 Å². The van der Waals surface area contributed by atoms with E-state index in [1.807, 2.05) is 13.8 Å². The molecule has 2 rings (SSSR count). The fourth-order valence-corrected chi connectivity index (χ4v) is 2.17. The van der Waals surface area contributed by atoms with Crippen LogP contribution in [0.15, 0.2) is 12.1 Å². The van der Waals surface area contributed by atoms with Gasteiger partial charge >= 0.3 is 0 Å². The molecule has 94 valence electrons. The topological polar surface area (TPSA) is 35.2 Å². The molecule has 0 aliphatic carbocycles. The van der Waals surface area contributed by atoms with Crippen molar-refractivity contribution in [2.24, 2.45) is 5.41 Å². The monoisotopic (exact) mass is 249 g/mol. The van der Waals surface area contributed by atoms with E-state index < -0.39 is 17.0 Å². The highest BCUT2D eigenvalue weighted by molar-refractivity contribution is 6.32. The van der Waals surface area contributed by atoms with Crippen molar-refractivity contribution in [3.63, 3.8) is 0 Å². The maximum absolute atomic E-state index is 14.1. The highest BCUT2D eigenvalue weighted by Crippen LogP contribution is 2.40. The lowest BCUT2D eigenvalue weighted by atomic mass is 9.77. The molecule has 2 nitrogen and oxygen atoms in total. The second-order valence-corrected chi connectivity index (χ2v) is 5.07. The van der Waals surface area contributed by atoms with E-state index >= 15 is 0 Å². The number of rotatable bonds is 1. The predicted octanol–water partition coefficient (Wildman–Crippen LogP) is 1.78. The minimum Gasteiger partial charge on any atom is -0.396 e. The molecule has 0 atom stereocenters. The van der Waals surface area contributed by atoms with Gasteiger partial charge in [0.25, 0.3) is 0 Å². The molecular weight excluding hydrogens is 235 g/mol. The molecule has 0 spiro atoms. The van der Waals surface area contributed by atoms with Crippen molar-refractivity contribution in [3.05, 3.63) is 29.3 Å². The third-order valence-corrected chi connectivity index (χ3v) is 3.15. The van der Waals surface area contributed by atoms with Gasteiger partial charge in [0.1, 0.15) is 19.5 Å². The minimum absolute atomic E-state index is 0.0563. The summed E-state index contributed by atoms with van der Waals surface area (Å²) in [4.78, 5) is 0. The van der Waals surface area contributed by atoms with E-state index in [1.165, 1.54) is 0 Å². The van der Waals surface area contributed by atoms with Crippen molar-refractivity contribution in [1.82, 2.24) is 0 Å². The number of nitrogens with two attached hydrogens (primary N) is 1. The van der Waals surface area contributed by atoms with E-state index in [0.29, 0.717) is 18.8 Å². The summed E-state index contributed by atoms with van der Waals surface area (Å²) in [5.41, 5.74) is 5.46. The minimum atomic E-state index is -0.702. The van der Waals surface area contributed by atoms with Crippen LogP contribution in [0.3, 0.4) is 0 Å². The lowest BCUT2D eigenvalue weighted by Crippen LogP contribution is -2.28. The van der Waals surface area contributed by atoms with Gasteiger partial charge in [-0.05, 0) is 11.6 Å². The van der Waals surface area contributed by atoms with Crippen molar-refractivity contribution in [1.29, 1.82) is 0 Å². The second kappa shape index (κ2) is 4.39. The molecule has 1 aliphatic rings. The normalized spacial score (nSPS) is 18.6. The Balaban J connectivity index is 2.68. The highest BCUT2D eigenvalue weighted by atomic mass is 19.1. The van der Waals surface area contributed by atoms with Crippen molar-refractivity contribution < 1.29 is 13.5 Å². The standard InChI is InChI=1S/C13H14BF2NO/c1-13(2)6-18-4-3-7(13)10-11(16)8(14)5-9(15)12(10)17/h3,5H,4,6,17H2,1-2H3. The zero-order valence-electron chi connectivity index (χ0n) is 10.4. The van der Waals surface area contributed by atoms with Crippen LogP contribution >= 0.6 is 0 Å². The Kier molecular flexibility index (Phi) is 3.19. The molecule has 18 heavy (non-hydrogen) atoms. The third-order valence-electron chi connectivity index (χ3n) is 3.15. The predicted molar refractivity (Wildman–Crippen MR) is 68.7 cm³/mol. The van der Waals surface area contributed by atoms with Gasteiger partial charge in [0, 0.05) is 11.0 Å². The highest BCUT2D eigenvalue weighted by Gasteiger charge is 2.31. The number of hydrogen-bond acceptors (Lipinski definition) is 2. The Morgan fingerprint density at radius 2 is 2.06 bits per heavy atom. The molecule has 1 aliphatic heterocycles. The summed E-state index contributed by atoms with van der Waals surface area (Å²) in [5, 5.41) is 0. The SMILES string of the molecule is [B]c1cc(F)c(N)c(C2=CCOCC2(C)C)c1F.